The van der Waals surface area contributed by atoms with E-state index < -0.39 is 32.5 Å². The summed E-state index contributed by atoms with van der Waals surface area (Å²) >= 11 is 0. The number of rotatable bonds is 34. The summed E-state index contributed by atoms with van der Waals surface area (Å²) in [7, 11) is 1.42. The second-order valence-corrected chi connectivity index (χ2v) is 15.4. The zero-order valence-electron chi connectivity index (χ0n) is 32.8. The molecule has 0 spiro atoms. The minimum atomic E-state index is -4.39. The average Bonchev–Trinajstić information content (AvgIpc) is 3.07. The molecule has 294 valence electrons. The molecular formula is C41H73NO8P+. The third-order valence-corrected chi connectivity index (χ3v) is 8.80. The van der Waals surface area contributed by atoms with E-state index in [9.17, 15) is 19.0 Å². The number of phosphoric acid groups is 1. The van der Waals surface area contributed by atoms with Gasteiger partial charge >= 0.3 is 19.8 Å². The molecule has 0 saturated carbocycles. The first-order valence-corrected chi connectivity index (χ1v) is 21.0. The van der Waals surface area contributed by atoms with Crippen LogP contribution >= 0.6 is 7.82 Å². The monoisotopic (exact) mass is 739 g/mol. The Bertz CT molecular complexity index is 1060. The van der Waals surface area contributed by atoms with E-state index in [1.54, 1.807) is 0 Å². The number of esters is 2. The number of nitrogens with zero attached hydrogens (tertiary/aromatic N) is 1. The summed E-state index contributed by atoms with van der Waals surface area (Å²) in [6.45, 7) is 4.24. The van der Waals surface area contributed by atoms with E-state index in [0.29, 0.717) is 17.4 Å². The summed E-state index contributed by atoms with van der Waals surface area (Å²) in [4.78, 5) is 35.0. The maximum absolute atomic E-state index is 12.6. The summed E-state index contributed by atoms with van der Waals surface area (Å²) in [6.07, 6.45) is 38.7. The Morgan fingerprint density at radius 2 is 1.10 bits per heavy atom. The number of carbonyl (C=O) groups is 2. The first-order chi connectivity index (χ1) is 24.5. The molecule has 0 aromatic carbocycles. The van der Waals surface area contributed by atoms with Crippen molar-refractivity contribution in [3.63, 3.8) is 0 Å². The lowest BCUT2D eigenvalue weighted by Gasteiger charge is -2.24. The topological polar surface area (TPSA) is 108 Å². The normalized spacial score (nSPS) is 14.4. The zero-order chi connectivity index (χ0) is 37.9. The number of allylic oxidation sites excluding steroid dienone is 10. The van der Waals surface area contributed by atoms with Gasteiger partial charge in [0.2, 0.25) is 0 Å². The van der Waals surface area contributed by atoms with E-state index in [-0.39, 0.29) is 26.1 Å². The fourth-order valence-corrected chi connectivity index (χ4v) is 5.44. The highest BCUT2D eigenvalue weighted by Crippen LogP contribution is 2.43. The van der Waals surface area contributed by atoms with Gasteiger partial charge in [0.25, 0.3) is 0 Å². The number of hydrogen-bond donors (Lipinski definition) is 1. The van der Waals surface area contributed by atoms with Gasteiger partial charge in [-0.25, -0.2) is 4.57 Å². The van der Waals surface area contributed by atoms with E-state index in [2.05, 4.69) is 62.5 Å². The summed E-state index contributed by atoms with van der Waals surface area (Å²) < 4.78 is 34.0. The van der Waals surface area contributed by atoms with E-state index in [1.807, 2.05) is 33.3 Å². The molecule has 9 nitrogen and oxygen atoms in total. The second kappa shape index (κ2) is 33.5. The molecule has 0 fully saturated rings. The van der Waals surface area contributed by atoms with E-state index in [1.165, 1.54) is 57.8 Å². The number of unbranched alkanes of at least 4 members (excludes halogenated alkanes) is 10. The van der Waals surface area contributed by atoms with E-state index in [0.717, 1.165) is 44.9 Å². The number of hydrogen-bond acceptors (Lipinski definition) is 7. The predicted octanol–water partition coefficient (Wildman–Crippen LogP) is 10.5. The van der Waals surface area contributed by atoms with Crippen molar-refractivity contribution in [2.45, 2.75) is 142 Å². The van der Waals surface area contributed by atoms with Crippen molar-refractivity contribution in [2.75, 3.05) is 47.5 Å². The van der Waals surface area contributed by atoms with Gasteiger partial charge < -0.3 is 18.9 Å². The quantitative estimate of drug-likeness (QED) is 0.0229. The third-order valence-electron chi connectivity index (χ3n) is 7.81. The maximum atomic E-state index is 12.6. The summed E-state index contributed by atoms with van der Waals surface area (Å²) in [5.74, 6) is -0.906. The van der Waals surface area contributed by atoms with Crippen molar-refractivity contribution in [3.8, 4) is 0 Å². The molecule has 0 heterocycles. The van der Waals surface area contributed by atoms with Gasteiger partial charge in [-0.15, -0.1) is 0 Å². The minimum absolute atomic E-state index is 0.0166. The molecule has 0 aliphatic rings. The van der Waals surface area contributed by atoms with Gasteiger partial charge in [-0.05, 0) is 51.4 Å². The fourth-order valence-electron chi connectivity index (χ4n) is 4.70. The molecular weight excluding hydrogens is 665 g/mol. The van der Waals surface area contributed by atoms with Crippen LogP contribution in [0.3, 0.4) is 0 Å². The molecule has 0 aliphatic carbocycles. The standard InChI is InChI=1S/C41H72NO8P/c1-6-8-10-12-14-16-17-18-19-20-21-22-23-24-25-26-28-30-32-34-41(44)50-39(38-49-51(45,46)48-36-35-42(3,4)5)37-47-40(43)33-31-29-27-15-13-11-9-7-2/h14,16,18-19,21-22,24-25,28,30,39H,6-13,15,17,20,23,26-27,29,31-38H2,1-5H3/p+1/b16-14+,19-18+,22-21+,25-24+,30-28+/t39-/m1/s1. The Morgan fingerprint density at radius 1 is 0.608 bits per heavy atom. The molecule has 2 atom stereocenters. The van der Waals surface area contributed by atoms with Crippen molar-refractivity contribution in [1.82, 2.24) is 0 Å². The van der Waals surface area contributed by atoms with Gasteiger partial charge in [-0.2, -0.15) is 0 Å². The molecule has 0 saturated heterocycles. The minimum Gasteiger partial charge on any atom is -0.462 e. The van der Waals surface area contributed by atoms with Gasteiger partial charge in [0.15, 0.2) is 6.10 Å². The highest BCUT2D eigenvalue weighted by molar-refractivity contribution is 7.47. The molecule has 51 heavy (non-hydrogen) atoms. The summed E-state index contributed by atoms with van der Waals surface area (Å²) in [6, 6.07) is 0. The highest BCUT2D eigenvalue weighted by Gasteiger charge is 2.27. The first kappa shape index (κ1) is 48.7. The molecule has 0 amide bonds. The number of phosphoric ester groups is 1. The van der Waals surface area contributed by atoms with Crippen molar-refractivity contribution >= 4 is 19.8 Å². The Balaban J connectivity index is 4.54. The molecule has 0 rings (SSSR count). The molecule has 10 heteroatoms. The van der Waals surface area contributed by atoms with Crippen LogP contribution in [-0.4, -0.2) is 74.9 Å². The maximum Gasteiger partial charge on any atom is 0.472 e. The van der Waals surface area contributed by atoms with Crippen LogP contribution in [0.5, 0.6) is 0 Å². The molecule has 0 radical (unpaired) electrons. The van der Waals surface area contributed by atoms with Crippen LogP contribution in [0.15, 0.2) is 60.8 Å². The van der Waals surface area contributed by atoms with E-state index >= 15 is 0 Å². The van der Waals surface area contributed by atoms with Crippen molar-refractivity contribution < 1.29 is 42.1 Å². The van der Waals surface area contributed by atoms with Gasteiger partial charge in [0, 0.05) is 12.8 Å². The molecule has 0 aromatic heterocycles. The zero-order valence-corrected chi connectivity index (χ0v) is 33.7. The Kier molecular flexibility index (Phi) is 32.0. The second-order valence-electron chi connectivity index (χ2n) is 14.0. The molecule has 0 aromatic rings. The van der Waals surface area contributed by atoms with Gasteiger partial charge in [-0.1, -0.05) is 132 Å². The number of ether oxygens (including phenoxy) is 2. The third kappa shape index (κ3) is 37.3. The van der Waals surface area contributed by atoms with Gasteiger partial charge in [0.05, 0.1) is 27.7 Å². The van der Waals surface area contributed by atoms with Crippen LogP contribution < -0.4 is 0 Å². The van der Waals surface area contributed by atoms with Crippen LogP contribution in [-0.2, 0) is 32.7 Å². The molecule has 0 aliphatic heterocycles. The van der Waals surface area contributed by atoms with Crippen LogP contribution in [0.4, 0.5) is 0 Å². The van der Waals surface area contributed by atoms with E-state index in [4.69, 9.17) is 18.5 Å². The Labute approximate surface area is 311 Å². The highest BCUT2D eigenvalue weighted by atomic mass is 31.2. The molecule has 1 unspecified atom stereocenters. The largest absolute Gasteiger partial charge is 0.472 e. The Hall–Kier alpha value is -2.29. The SMILES string of the molecule is CCCCC/C=C/C/C=C/C/C=C/C/C=C/C/C=C/CCC(=O)O[C@H](COC(=O)CCCCCCCCCC)COP(=O)(O)OCC[N+](C)(C)C. The lowest BCUT2D eigenvalue weighted by molar-refractivity contribution is -0.870. The molecule has 1 N–H and O–H groups in total. The first-order valence-electron chi connectivity index (χ1n) is 19.5. The lowest BCUT2D eigenvalue weighted by Crippen LogP contribution is -2.37. The average molecular weight is 739 g/mol. The number of quaternary nitrogens is 1. The van der Waals surface area contributed by atoms with Crippen molar-refractivity contribution in [3.05, 3.63) is 60.8 Å². The lowest BCUT2D eigenvalue weighted by atomic mass is 10.1. The number of carbonyl (C=O) groups excluding carboxylic acids is 2. The Morgan fingerprint density at radius 3 is 1.65 bits per heavy atom. The molecule has 0 bridgehead atoms. The fraction of sp³-hybridized carbons (Fsp3) is 0.707. The van der Waals surface area contributed by atoms with Crippen LogP contribution in [0.1, 0.15) is 136 Å². The van der Waals surface area contributed by atoms with Crippen molar-refractivity contribution in [2.24, 2.45) is 0 Å². The summed E-state index contributed by atoms with van der Waals surface area (Å²) in [5.41, 5.74) is 0. The van der Waals surface area contributed by atoms with Crippen LogP contribution in [0, 0.1) is 0 Å². The van der Waals surface area contributed by atoms with Crippen LogP contribution in [0.25, 0.3) is 0 Å². The summed E-state index contributed by atoms with van der Waals surface area (Å²) in [5, 5.41) is 0. The van der Waals surface area contributed by atoms with Gasteiger partial charge in [0.1, 0.15) is 19.8 Å². The van der Waals surface area contributed by atoms with Crippen LogP contribution in [0.2, 0.25) is 0 Å². The predicted molar refractivity (Wildman–Crippen MR) is 210 cm³/mol. The van der Waals surface area contributed by atoms with Gasteiger partial charge in [-0.3, -0.25) is 18.6 Å². The smallest absolute Gasteiger partial charge is 0.462 e. The number of likely N-dealkylation sites (N-methyl/N-ethyl adjacent to an activating group) is 1. The van der Waals surface area contributed by atoms with Crippen molar-refractivity contribution in [1.29, 1.82) is 0 Å².